The summed E-state index contributed by atoms with van der Waals surface area (Å²) in [5.74, 6) is 0.943. The highest BCUT2D eigenvalue weighted by atomic mass is 19.1. The third kappa shape index (κ3) is 4.28. The van der Waals surface area contributed by atoms with Crippen LogP contribution in [0.15, 0.2) is 89.3 Å². The molecule has 5 nitrogen and oxygen atoms in total. The predicted molar refractivity (Wildman–Crippen MR) is 127 cm³/mol. The van der Waals surface area contributed by atoms with E-state index in [1.54, 1.807) is 24.3 Å². The molecule has 0 spiro atoms. The molecule has 0 aliphatic carbocycles. The molecule has 0 atom stereocenters. The van der Waals surface area contributed by atoms with Crippen molar-refractivity contribution in [2.24, 2.45) is 0 Å². The largest absolute Gasteiger partial charge is 0.451 e. The maximum Gasteiger partial charge on any atom is 0.292 e. The van der Waals surface area contributed by atoms with Gasteiger partial charge in [-0.1, -0.05) is 66.2 Å². The number of aromatic nitrogens is 2. The van der Waals surface area contributed by atoms with Gasteiger partial charge in [0.05, 0.1) is 12.1 Å². The van der Waals surface area contributed by atoms with Gasteiger partial charge in [-0.3, -0.25) is 9.48 Å². The SMILES string of the molecule is Cc1ccc(-c2ccc(C(=O)Nc3nn(Cc4ccc(CF)cc4)c4ccccc34)o2)cc1. The highest BCUT2D eigenvalue weighted by molar-refractivity contribution is 6.06. The molecule has 3 aromatic carbocycles. The van der Waals surface area contributed by atoms with E-state index < -0.39 is 6.67 Å². The van der Waals surface area contributed by atoms with Crippen LogP contribution in [0.2, 0.25) is 0 Å². The second kappa shape index (κ2) is 8.74. The minimum absolute atomic E-state index is 0.214. The zero-order valence-electron chi connectivity index (χ0n) is 18.1. The van der Waals surface area contributed by atoms with E-state index in [1.165, 1.54) is 0 Å². The predicted octanol–water partition coefficient (Wildman–Crippen LogP) is 6.37. The standard InChI is InChI=1S/C27H22FN3O2/c1-18-6-12-21(13-7-18)24-14-15-25(33-24)27(32)29-26-22-4-2-3-5-23(22)31(30-26)17-20-10-8-19(16-28)9-11-20/h2-15H,16-17H2,1H3,(H,29,30,32). The molecule has 1 N–H and O–H groups in total. The number of nitrogens with one attached hydrogen (secondary N) is 1. The third-order valence-electron chi connectivity index (χ3n) is 5.57. The van der Waals surface area contributed by atoms with Gasteiger partial charge in [-0.25, -0.2) is 4.39 Å². The lowest BCUT2D eigenvalue weighted by Crippen LogP contribution is -2.12. The van der Waals surface area contributed by atoms with Gasteiger partial charge in [0.15, 0.2) is 11.6 Å². The molecular weight excluding hydrogens is 417 g/mol. The van der Waals surface area contributed by atoms with Crippen LogP contribution in [0.25, 0.3) is 22.2 Å². The Bertz CT molecular complexity index is 1420. The van der Waals surface area contributed by atoms with Gasteiger partial charge in [-0.05, 0) is 42.3 Å². The average molecular weight is 439 g/mol. The van der Waals surface area contributed by atoms with Crippen molar-refractivity contribution in [3.05, 3.63) is 107 Å². The van der Waals surface area contributed by atoms with Gasteiger partial charge in [0.2, 0.25) is 0 Å². The van der Waals surface area contributed by atoms with Gasteiger partial charge in [-0.2, -0.15) is 5.10 Å². The molecule has 0 saturated heterocycles. The van der Waals surface area contributed by atoms with Gasteiger partial charge in [0.1, 0.15) is 12.4 Å². The molecule has 0 radical (unpaired) electrons. The lowest BCUT2D eigenvalue weighted by Gasteiger charge is -2.04. The first-order valence-electron chi connectivity index (χ1n) is 10.7. The number of anilines is 1. The summed E-state index contributed by atoms with van der Waals surface area (Å²) in [6.07, 6.45) is 0. The molecule has 0 bridgehead atoms. The molecule has 5 aromatic rings. The Morgan fingerprint density at radius 3 is 2.42 bits per heavy atom. The molecule has 0 unspecified atom stereocenters. The first-order chi connectivity index (χ1) is 16.1. The minimum atomic E-state index is -0.487. The van der Waals surface area contributed by atoms with Crippen molar-refractivity contribution in [3.8, 4) is 11.3 Å². The molecule has 0 aliphatic heterocycles. The van der Waals surface area contributed by atoms with E-state index in [0.29, 0.717) is 23.7 Å². The van der Waals surface area contributed by atoms with E-state index >= 15 is 0 Å². The maximum atomic E-state index is 12.9. The van der Waals surface area contributed by atoms with Gasteiger partial charge in [0.25, 0.3) is 5.91 Å². The fourth-order valence-electron chi connectivity index (χ4n) is 3.75. The topological polar surface area (TPSA) is 60.1 Å². The zero-order valence-corrected chi connectivity index (χ0v) is 18.1. The molecule has 33 heavy (non-hydrogen) atoms. The number of halogens is 1. The number of alkyl halides is 1. The monoisotopic (exact) mass is 439 g/mol. The number of furan rings is 1. The summed E-state index contributed by atoms with van der Waals surface area (Å²) in [6, 6.07) is 26.4. The fourth-order valence-corrected chi connectivity index (χ4v) is 3.75. The van der Waals surface area contributed by atoms with E-state index in [4.69, 9.17) is 4.42 Å². The van der Waals surface area contributed by atoms with Gasteiger partial charge >= 0.3 is 0 Å². The van der Waals surface area contributed by atoms with Crippen molar-refractivity contribution in [2.75, 3.05) is 5.32 Å². The Balaban J connectivity index is 1.40. The highest BCUT2D eigenvalue weighted by Crippen LogP contribution is 2.26. The number of hydrogen-bond donors (Lipinski definition) is 1. The number of rotatable bonds is 6. The number of hydrogen-bond acceptors (Lipinski definition) is 3. The normalized spacial score (nSPS) is 11.1. The Hall–Kier alpha value is -4.19. The molecule has 0 fully saturated rings. The second-order valence-electron chi connectivity index (χ2n) is 7.96. The summed E-state index contributed by atoms with van der Waals surface area (Å²) < 4.78 is 20.4. The number of fused-ring (bicyclic) bond motifs is 1. The van der Waals surface area contributed by atoms with E-state index in [1.807, 2.05) is 72.3 Å². The second-order valence-corrected chi connectivity index (χ2v) is 7.96. The molecule has 0 aliphatic rings. The molecule has 164 valence electrons. The zero-order chi connectivity index (χ0) is 22.8. The molecule has 5 rings (SSSR count). The molecule has 1 amide bonds. The van der Waals surface area contributed by atoms with Crippen LogP contribution in [0.4, 0.5) is 10.2 Å². The molecule has 2 heterocycles. The van der Waals surface area contributed by atoms with Crippen LogP contribution in [0.1, 0.15) is 27.2 Å². The first kappa shape index (κ1) is 20.7. The van der Waals surface area contributed by atoms with Gasteiger partial charge < -0.3 is 9.73 Å². The maximum absolute atomic E-state index is 12.9. The molecule has 2 aromatic heterocycles. The third-order valence-corrected chi connectivity index (χ3v) is 5.57. The Labute approximate surface area is 190 Å². The number of benzene rings is 3. The summed E-state index contributed by atoms with van der Waals surface area (Å²) in [7, 11) is 0. The van der Waals surface area contributed by atoms with Crippen LogP contribution in [-0.2, 0) is 13.2 Å². The van der Waals surface area contributed by atoms with E-state index in [2.05, 4.69) is 10.4 Å². The number of para-hydroxylation sites is 1. The summed E-state index contributed by atoms with van der Waals surface area (Å²) in [5, 5.41) is 8.35. The minimum Gasteiger partial charge on any atom is -0.451 e. The fraction of sp³-hybridized carbons (Fsp3) is 0.111. The van der Waals surface area contributed by atoms with Crippen LogP contribution >= 0.6 is 0 Å². The number of carbonyl (C=O) groups is 1. The Morgan fingerprint density at radius 1 is 0.939 bits per heavy atom. The van der Waals surface area contributed by atoms with Crippen molar-refractivity contribution in [3.63, 3.8) is 0 Å². The van der Waals surface area contributed by atoms with E-state index in [9.17, 15) is 9.18 Å². The number of nitrogens with zero attached hydrogens (tertiary/aromatic N) is 2. The molecule has 0 saturated carbocycles. The summed E-state index contributed by atoms with van der Waals surface area (Å²) in [6.45, 7) is 2.04. The quantitative estimate of drug-likeness (QED) is 0.334. The molecular formula is C27H22FN3O2. The molecule has 6 heteroatoms. The van der Waals surface area contributed by atoms with E-state index in [-0.39, 0.29) is 11.7 Å². The number of carbonyl (C=O) groups excluding carboxylic acids is 1. The lowest BCUT2D eigenvalue weighted by molar-refractivity contribution is 0.0997. The first-order valence-corrected chi connectivity index (χ1v) is 10.7. The van der Waals surface area contributed by atoms with Crippen molar-refractivity contribution in [1.82, 2.24) is 9.78 Å². The lowest BCUT2D eigenvalue weighted by atomic mass is 10.1. The van der Waals surface area contributed by atoms with Crippen molar-refractivity contribution < 1.29 is 13.6 Å². The summed E-state index contributed by atoms with van der Waals surface area (Å²) in [4.78, 5) is 12.9. The highest BCUT2D eigenvalue weighted by Gasteiger charge is 2.17. The van der Waals surface area contributed by atoms with Crippen LogP contribution in [0.5, 0.6) is 0 Å². The Morgan fingerprint density at radius 2 is 1.67 bits per heavy atom. The van der Waals surface area contributed by atoms with Gasteiger partial charge in [0, 0.05) is 10.9 Å². The smallest absolute Gasteiger partial charge is 0.292 e. The van der Waals surface area contributed by atoms with Crippen LogP contribution < -0.4 is 5.32 Å². The number of aryl methyl sites for hydroxylation is 1. The average Bonchev–Trinajstić information content (AvgIpc) is 3.46. The van der Waals surface area contributed by atoms with Gasteiger partial charge in [-0.15, -0.1) is 0 Å². The van der Waals surface area contributed by atoms with Crippen LogP contribution in [-0.4, -0.2) is 15.7 Å². The van der Waals surface area contributed by atoms with Crippen molar-refractivity contribution in [1.29, 1.82) is 0 Å². The Kier molecular flexibility index (Phi) is 5.48. The number of amides is 1. The summed E-state index contributed by atoms with van der Waals surface area (Å²) in [5.41, 5.74) is 4.59. The van der Waals surface area contributed by atoms with Crippen LogP contribution in [0.3, 0.4) is 0 Å². The van der Waals surface area contributed by atoms with Crippen molar-refractivity contribution in [2.45, 2.75) is 20.1 Å². The van der Waals surface area contributed by atoms with Crippen molar-refractivity contribution >= 4 is 22.6 Å². The van der Waals surface area contributed by atoms with Crippen LogP contribution in [0, 0.1) is 6.92 Å². The summed E-state index contributed by atoms with van der Waals surface area (Å²) >= 11 is 0. The van der Waals surface area contributed by atoms with E-state index in [0.717, 1.165) is 27.6 Å².